The molecule has 2 aliphatic heterocycles. The lowest BCUT2D eigenvalue weighted by molar-refractivity contribution is -0.132. The van der Waals surface area contributed by atoms with Gasteiger partial charge in [-0.1, -0.05) is 33.6 Å². The summed E-state index contributed by atoms with van der Waals surface area (Å²) in [5.74, 6) is 3.18. The zero-order valence-corrected chi connectivity index (χ0v) is 12.6. The van der Waals surface area contributed by atoms with Crippen molar-refractivity contribution in [3.63, 3.8) is 0 Å². The number of nitrogens with one attached hydrogen (secondary N) is 1. The van der Waals surface area contributed by atoms with Crippen LogP contribution in [0.3, 0.4) is 0 Å². The minimum Gasteiger partial charge on any atom is -0.322 e. The Labute approximate surface area is 115 Å². The molecule has 4 heteroatoms. The van der Waals surface area contributed by atoms with Gasteiger partial charge in [-0.2, -0.15) is 11.8 Å². The molecule has 2 fully saturated rings. The second-order valence-electron chi connectivity index (χ2n) is 5.81. The van der Waals surface area contributed by atoms with Crippen LogP contribution in [0.15, 0.2) is 0 Å². The molecule has 0 aromatic rings. The maximum Gasteiger partial charge on any atom is 0.241 e. The fraction of sp³-hybridized carbons (Fsp3) is 0.929. The molecule has 1 N–H and O–H groups in total. The molecular formula is C14H26N2OS. The molecule has 0 saturated carbocycles. The molecule has 0 spiro atoms. The fourth-order valence-corrected chi connectivity index (χ4v) is 4.16. The zero-order chi connectivity index (χ0) is 13.1. The number of nitrogens with zero attached hydrogens (tertiary/aromatic N) is 1. The van der Waals surface area contributed by atoms with Crippen LogP contribution in [0, 0.1) is 5.92 Å². The highest BCUT2D eigenvalue weighted by Crippen LogP contribution is 2.30. The molecular weight excluding hydrogens is 244 g/mol. The summed E-state index contributed by atoms with van der Waals surface area (Å²) in [6, 6.07) is 0.539. The molecule has 3 nitrogen and oxygen atoms in total. The van der Waals surface area contributed by atoms with Gasteiger partial charge in [-0.25, -0.2) is 0 Å². The maximum absolute atomic E-state index is 12.6. The van der Waals surface area contributed by atoms with Gasteiger partial charge >= 0.3 is 0 Å². The van der Waals surface area contributed by atoms with Crippen LogP contribution in [0.4, 0.5) is 0 Å². The van der Waals surface area contributed by atoms with Gasteiger partial charge in [0.05, 0.1) is 12.2 Å². The molecule has 18 heavy (non-hydrogen) atoms. The molecule has 104 valence electrons. The molecule has 0 bridgehead atoms. The zero-order valence-electron chi connectivity index (χ0n) is 11.8. The predicted octanol–water partition coefficient (Wildman–Crippen LogP) is 2.46. The van der Waals surface area contributed by atoms with Crippen LogP contribution in [-0.4, -0.2) is 40.6 Å². The van der Waals surface area contributed by atoms with Crippen molar-refractivity contribution in [2.45, 2.75) is 64.7 Å². The summed E-state index contributed by atoms with van der Waals surface area (Å²) in [4.78, 5) is 14.7. The normalized spacial score (nSPS) is 32.8. The first-order valence-electron chi connectivity index (χ1n) is 7.31. The first-order chi connectivity index (χ1) is 8.65. The van der Waals surface area contributed by atoms with Gasteiger partial charge in [-0.3, -0.25) is 10.1 Å². The average Bonchev–Trinajstić information content (AvgIpc) is 2.94. The number of rotatable bonds is 5. The maximum atomic E-state index is 12.6. The van der Waals surface area contributed by atoms with E-state index in [2.05, 4.69) is 31.0 Å². The third kappa shape index (κ3) is 2.85. The Hall–Kier alpha value is -0.220. The van der Waals surface area contributed by atoms with Crippen molar-refractivity contribution in [2.24, 2.45) is 5.92 Å². The van der Waals surface area contributed by atoms with Crippen LogP contribution in [0.5, 0.6) is 0 Å². The summed E-state index contributed by atoms with van der Waals surface area (Å²) in [5, 5.41) is 3.57. The molecule has 2 rings (SSSR count). The summed E-state index contributed by atoms with van der Waals surface area (Å²) >= 11 is 1.98. The minimum atomic E-state index is 0.0722. The van der Waals surface area contributed by atoms with E-state index in [0.29, 0.717) is 17.9 Å². The summed E-state index contributed by atoms with van der Waals surface area (Å²) < 4.78 is 0. The summed E-state index contributed by atoms with van der Waals surface area (Å²) in [6.07, 6.45) is 4.72. The molecule has 2 heterocycles. The van der Waals surface area contributed by atoms with Gasteiger partial charge in [0.2, 0.25) is 5.91 Å². The topological polar surface area (TPSA) is 32.3 Å². The summed E-state index contributed by atoms with van der Waals surface area (Å²) in [6.45, 7) is 6.61. The first-order valence-corrected chi connectivity index (χ1v) is 8.46. The molecule has 1 amide bonds. The molecule has 0 aromatic heterocycles. The highest BCUT2D eigenvalue weighted by Gasteiger charge is 2.43. The second-order valence-corrected chi connectivity index (χ2v) is 6.96. The summed E-state index contributed by atoms with van der Waals surface area (Å²) in [5.41, 5.74) is 0. The Morgan fingerprint density at radius 2 is 2.28 bits per heavy atom. The smallest absolute Gasteiger partial charge is 0.241 e. The van der Waals surface area contributed by atoms with E-state index in [1.165, 1.54) is 12.2 Å². The van der Waals surface area contributed by atoms with E-state index in [1.807, 2.05) is 11.8 Å². The van der Waals surface area contributed by atoms with E-state index in [1.54, 1.807) is 0 Å². The van der Waals surface area contributed by atoms with E-state index >= 15 is 0 Å². The highest BCUT2D eigenvalue weighted by molar-refractivity contribution is 7.99. The number of amides is 1. The van der Waals surface area contributed by atoms with Crippen LogP contribution >= 0.6 is 11.8 Å². The average molecular weight is 270 g/mol. The van der Waals surface area contributed by atoms with E-state index in [-0.39, 0.29) is 12.2 Å². The standard InChI is InChI=1S/C14H26N2OS/c1-4-5-6-12-14(17)16(11-7-8-18-9-11)13(15-12)10(2)3/h10-13,15H,4-9H2,1-3H3. The SMILES string of the molecule is CCCCC1NC(C(C)C)N(C2CCSC2)C1=O. The van der Waals surface area contributed by atoms with Gasteiger partial charge in [0, 0.05) is 11.8 Å². The molecule has 2 aliphatic rings. The third-order valence-electron chi connectivity index (χ3n) is 4.00. The number of thioether (sulfide) groups is 1. The number of carbonyl (C=O) groups excluding carboxylic acids is 1. The van der Waals surface area contributed by atoms with Crippen molar-refractivity contribution in [1.82, 2.24) is 10.2 Å². The van der Waals surface area contributed by atoms with E-state index in [0.717, 1.165) is 25.0 Å². The highest BCUT2D eigenvalue weighted by atomic mass is 32.2. The van der Waals surface area contributed by atoms with Crippen LogP contribution in [0.2, 0.25) is 0 Å². The Bertz CT molecular complexity index is 290. The van der Waals surface area contributed by atoms with Crippen LogP contribution in [-0.2, 0) is 4.79 Å². The van der Waals surface area contributed by atoms with Crippen molar-refractivity contribution in [2.75, 3.05) is 11.5 Å². The monoisotopic (exact) mass is 270 g/mol. The third-order valence-corrected chi connectivity index (χ3v) is 5.15. The van der Waals surface area contributed by atoms with Crippen LogP contribution in [0.1, 0.15) is 46.5 Å². The Kier molecular flexibility index (Phi) is 4.96. The molecule has 2 saturated heterocycles. The van der Waals surface area contributed by atoms with Gasteiger partial charge in [-0.05, 0) is 24.5 Å². The fourth-order valence-electron chi connectivity index (χ4n) is 2.95. The Morgan fingerprint density at radius 3 is 2.83 bits per heavy atom. The molecule has 0 radical (unpaired) electrons. The predicted molar refractivity (Wildman–Crippen MR) is 77.7 cm³/mol. The van der Waals surface area contributed by atoms with Crippen molar-refractivity contribution in [3.8, 4) is 0 Å². The lowest BCUT2D eigenvalue weighted by atomic mass is 10.1. The largest absolute Gasteiger partial charge is 0.322 e. The molecule has 3 unspecified atom stereocenters. The number of hydrogen-bond donors (Lipinski definition) is 1. The first kappa shape index (κ1) is 14.2. The van der Waals surface area contributed by atoms with Crippen LogP contribution < -0.4 is 5.32 Å². The number of carbonyl (C=O) groups is 1. The van der Waals surface area contributed by atoms with Gasteiger partial charge in [0.1, 0.15) is 0 Å². The van der Waals surface area contributed by atoms with Gasteiger partial charge in [-0.15, -0.1) is 0 Å². The number of hydrogen-bond acceptors (Lipinski definition) is 3. The summed E-state index contributed by atoms with van der Waals surface area (Å²) in [7, 11) is 0. The van der Waals surface area contributed by atoms with Gasteiger partial charge < -0.3 is 4.90 Å². The van der Waals surface area contributed by atoms with Crippen molar-refractivity contribution >= 4 is 17.7 Å². The molecule has 3 atom stereocenters. The van der Waals surface area contributed by atoms with E-state index in [4.69, 9.17) is 0 Å². The second kappa shape index (κ2) is 6.29. The Balaban J connectivity index is 2.06. The minimum absolute atomic E-state index is 0.0722. The van der Waals surface area contributed by atoms with Crippen molar-refractivity contribution in [3.05, 3.63) is 0 Å². The van der Waals surface area contributed by atoms with Gasteiger partial charge in [0.25, 0.3) is 0 Å². The van der Waals surface area contributed by atoms with Crippen molar-refractivity contribution in [1.29, 1.82) is 0 Å². The van der Waals surface area contributed by atoms with E-state index in [9.17, 15) is 4.79 Å². The van der Waals surface area contributed by atoms with E-state index < -0.39 is 0 Å². The van der Waals surface area contributed by atoms with Crippen LogP contribution in [0.25, 0.3) is 0 Å². The Morgan fingerprint density at radius 1 is 1.50 bits per heavy atom. The lowest BCUT2D eigenvalue weighted by Gasteiger charge is -2.32. The molecule has 0 aliphatic carbocycles. The van der Waals surface area contributed by atoms with Gasteiger partial charge in [0.15, 0.2) is 0 Å². The number of unbranched alkanes of at least 4 members (excludes halogenated alkanes) is 1. The molecule has 0 aromatic carbocycles. The quantitative estimate of drug-likeness (QED) is 0.833. The van der Waals surface area contributed by atoms with Crippen molar-refractivity contribution < 1.29 is 4.79 Å². The lowest BCUT2D eigenvalue weighted by Crippen LogP contribution is -2.47.